The molecule has 5 atom stereocenters. The number of alkyl carbamates (subject to hydrolysis) is 2. The number of carbonyl (C=O) groups is 3. The second kappa shape index (κ2) is 18.9. The van der Waals surface area contributed by atoms with Gasteiger partial charge < -0.3 is 35.0 Å². The van der Waals surface area contributed by atoms with E-state index in [1.54, 1.807) is 0 Å². The molecule has 0 radical (unpaired) electrons. The van der Waals surface area contributed by atoms with Gasteiger partial charge in [0.05, 0.1) is 38.2 Å². The van der Waals surface area contributed by atoms with Crippen molar-refractivity contribution in [2.24, 2.45) is 11.8 Å². The van der Waals surface area contributed by atoms with Crippen LogP contribution in [0.3, 0.4) is 0 Å². The summed E-state index contributed by atoms with van der Waals surface area (Å²) in [4.78, 5) is 59.0. The number of nitrogens with one attached hydrogen (secondary N) is 4. The second-order valence-electron chi connectivity index (χ2n) is 17.3. The number of likely N-dealkylation sites (tertiary alicyclic amines) is 2. The van der Waals surface area contributed by atoms with E-state index in [0.717, 1.165) is 74.4 Å². The second-order valence-corrected chi connectivity index (χ2v) is 17.3. The molecule has 1 aliphatic carbocycles. The zero-order chi connectivity index (χ0) is 40.7. The summed E-state index contributed by atoms with van der Waals surface area (Å²) in [5, 5.41) is 5.80. The number of ether oxygens (including phenoxy) is 2. The lowest BCUT2D eigenvalue weighted by atomic mass is 9.66. The van der Waals surface area contributed by atoms with Crippen LogP contribution >= 0.6 is 0 Å². The molecule has 2 saturated heterocycles. The molecule has 6 rings (SSSR count). The van der Waals surface area contributed by atoms with Crippen LogP contribution in [0.5, 0.6) is 0 Å². The Morgan fingerprint density at radius 2 is 1.46 bits per heavy atom. The van der Waals surface area contributed by atoms with Crippen LogP contribution in [0.25, 0.3) is 11.3 Å². The van der Waals surface area contributed by atoms with Crippen molar-refractivity contribution >= 4 is 18.1 Å². The predicted molar refractivity (Wildman–Crippen MR) is 220 cm³/mol. The lowest BCUT2D eigenvalue weighted by molar-refractivity contribution is -0.135. The van der Waals surface area contributed by atoms with E-state index in [-0.39, 0.29) is 53.4 Å². The van der Waals surface area contributed by atoms with E-state index < -0.39 is 12.1 Å². The van der Waals surface area contributed by atoms with Crippen LogP contribution in [0.1, 0.15) is 140 Å². The number of methoxy groups -OCH3 is 2. The van der Waals surface area contributed by atoms with Crippen molar-refractivity contribution in [3.8, 4) is 11.3 Å². The highest BCUT2D eigenvalue weighted by atomic mass is 16.5. The van der Waals surface area contributed by atoms with Gasteiger partial charge in [-0.1, -0.05) is 71.2 Å². The van der Waals surface area contributed by atoms with Gasteiger partial charge in [0, 0.05) is 30.5 Å². The molecule has 2 aromatic heterocycles. The van der Waals surface area contributed by atoms with Crippen molar-refractivity contribution in [3.63, 3.8) is 0 Å². The van der Waals surface area contributed by atoms with Gasteiger partial charge in [-0.15, -0.1) is 0 Å². The summed E-state index contributed by atoms with van der Waals surface area (Å²) in [6.45, 7) is 11.9. The summed E-state index contributed by atoms with van der Waals surface area (Å²) in [6, 6.07) is 8.57. The first kappa shape index (κ1) is 42.2. The first-order valence-electron chi connectivity index (χ1n) is 21.4. The van der Waals surface area contributed by atoms with Crippen LogP contribution in [0.15, 0.2) is 36.7 Å². The molecule has 3 fully saturated rings. The van der Waals surface area contributed by atoms with E-state index >= 15 is 0 Å². The number of hydrogen-bond acceptors (Lipinski definition) is 8. The molecule has 1 aromatic carbocycles. The minimum Gasteiger partial charge on any atom is -0.453 e. The molecular weight excluding hydrogens is 721 g/mol. The number of amides is 3. The lowest BCUT2D eigenvalue weighted by Gasteiger charge is -2.38. The quantitative estimate of drug-likeness (QED) is 0.121. The number of hydrogen-bond donors (Lipinski definition) is 4. The molecule has 312 valence electrons. The van der Waals surface area contributed by atoms with Gasteiger partial charge in [0.15, 0.2) is 0 Å². The maximum absolute atomic E-state index is 13.6. The SMILES string of the molecule is COC(=O)N[C@@H](C(C)C)C(C)N1CCC[C@H]1c1ncc(CCCC2(c3ccc(-c4cnc([C@@H]5CCCN5C(=O)[C@@H](NC(=O)OC)C(C)C)[nH]4)cc3)CCCCC2)[nH]1. The summed E-state index contributed by atoms with van der Waals surface area (Å²) >= 11 is 0. The van der Waals surface area contributed by atoms with Crippen LogP contribution in [-0.4, -0.2) is 93.3 Å². The van der Waals surface area contributed by atoms with E-state index in [1.807, 2.05) is 31.1 Å². The monoisotopic (exact) mass is 787 g/mol. The molecule has 3 amide bonds. The zero-order valence-electron chi connectivity index (χ0n) is 35.2. The molecule has 3 aromatic rings. The highest BCUT2D eigenvalue weighted by molar-refractivity contribution is 5.86. The number of aryl methyl sites for hydroxylation is 1. The highest BCUT2D eigenvalue weighted by Gasteiger charge is 2.39. The van der Waals surface area contributed by atoms with Crippen molar-refractivity contribution in [1.29, 1.82) is 0 Å². The van der Waals surface area contributed by atoms with Gasteiger partial charge in [0.2, 0.25) is 5.91 Å². The summed E-state index contributed by atoms with van der Waals surface area (Å²) in [5.74, 6) is 1.88. The summed E-state index contributed by atoms with van der Waals surface area (Å²) in [5.41, 5.74) is 4.78. The topological polar surface area (TPSA) is 158 Å². The number of benzene rings is 1. The van der Waals surface area contributed by atoms with Crippen LogP contribution in [0.4, 0.5) is 9.59 Å². The van der Waals surface area contributed by atoms with Gasteiger partial charge in [-0.05, 0) is 99.6 Å². The van der Waals surface area contributed by atoms with Crippen LogP contribution in [0.2, 0.25) is 0 Å². The van der Waals surface area contributed by atoms with Crippen molar-refractivity contribution in [2.75, 3.05) is 27.3 Å². The lowest BCUT2D eigenvalue weighted by Crippen LogP contribution is -2.52. The molecule has 13 heteroatoms. The van der Waals surface area contributed by atoms with E-state index in [4.69, 9.17) is 19.4 Å². The first-order valence-corrected chi connectivity index (χ1v) is 21.4. The molecule has 0 bridgehead atoms. The average molecular weight is 787 g/mol. The number of imidazole rings is 2. The summed E-state index contributed by atoms with van der Waals surface area (Å²) in [7, 11) is 2.73. The summed E-state index contributed by atoms with van der Waals surface area (Å²) in [6.07, 6.45) is 16.1. The molecule has 2 aliphatic heterocycles. The van der Waals surface area contributed by atoms with Gasteiger partial charge in [0.25, 0.3) is 0 Å². The third-order valence-corrected chi connectivity index (χ3v) is 13.0. The Hall–Kier alpha value is -4.39. The predicted octanol–water partition coefficient (Wildman–Crippen LogP) is 7.97. The maximum Gasteiger partial charge on any atom is 0.407 e. The van der Waals surface area contributed by atoms with Gasteiger partial charge in [0.1, 0.15) is 17.7 Å². The van der Waals surface area contributed by atoms with Crippen molar-refractivity contribution in [3.05, 3.63) is 59.6 Å². The van der Waals surface area contributed by atoms with E-state index in [1.165, 1.54) is 57.6 Å². The minimum absolute atomic E-state index is 0.0211. The van der Waals surface area contributed by atoms with Gasteiger partial charge in [-0.25, -0.2) is 19.6 Å². The number of rotatable bonds is 15. The fourth-order valence-electron chi connectivity index (χ4n) is 9.87. The number of aromatic amines is 2. The Bertz CT molecular complexity index is 1780. The fourth-order valence-corrected chi connectivity index (χ4v) is 9.87. The molecule has 13 nitrogen and oxygen atoms in total. The van der Waals surface area contributed by atoms with Gasteiger partial charge >= 0.3 is 12.2 Å². The van der Waals surface area contributed by atoms with Gasteiger partial charge in [-0.3, -0.25) is 9.69 Å². The van der Waals surface area contributed by atoms with Gasteiger partial charge in [-0.2, -0.15) is 0 Å². The molecule has 1 saturated carbocycles. The van der Waals surface area contributed by atoms with Crippen molar-refractivity contribution in [1.82, 2.24) is 40.4 Å². The smallest absolute Gasteiger partial charge is 0.407 e. The van der Waals surface area contributed by atoms with E-state index in [9.17, 15) is 14.4 Å². The van der Waals surface area contributed by atoms with Crippen molar-refractivity contribution < 1.29 is 23.9 Å². The molecule has 4 N–H and O–H groups in total. The fraction of sp³-hybridized carbons (Fsp3) is 0.659. The van der Waals surface area contributed by atoms with Crippen molar-refractivity contribution in [2.45, 2.75) is 147 Å². The standard InChI is InChI=1S/C44H66N8O5/c1-28(2)37(49-42(54)56-6)30(5)51-24-12-15-35(51)39-45-26-33(47-39)14-11-23-44(21-9-8-10-22-44)32-19-17-31(18-20-32)34-27-46-40(48-34)36-16-13-25-52(36)41(53)38(29(3)4)50-43(55)57-7/h17-20,26-30,35-38H,8-16,21-25H2,1-7H3,(H,45,47)(H,46,48)(H,49,54)(H,50,55)/t30?,35-,36-,37-,38-/m0/s1. The zero-order valence-corrected chi connectivity index (χ0v) is 35.2. The minimum atomic E-state index is -0.664. The molecule has 1 unspecified atom stereocenters. The largest absolute Gasteiger partial charge is 0.453 e. The number of carbonyl (C=O) groups excluding carboxylic acids is 3. The number of aromatic nitrogens is 4. The Balaban J connectivity index is 1.09. The highest BCUT2D eigenvalue weighted by Crippen LogP contribution is 2.44. The van der Waals surface area contributed by atoms with E-state index in [0.29, 0.717) is 6.54 Å². The first-order chi connectivity index (χ1) is 27.4. The molecule has 57 heavy (non-hydrogen) atoms. The average Bonchev–Trinajstić information content (AvgIpc) is 4.06. The van der Waals surface area contributed by atoms with Crippen LogP contribution in [0, 0.1) is 11.8 Å². The number of H-pyrrole nitrogens is 2. The maximum atomic E-state index is 13.6. The molecule has 4 heterocycles. The third-order valence-electron chi connectivity index (χ3n) is 13.0. The Labute approximate surface area is 338 Å². The Morgan fingerprint density at radius 1 is 0.807 bits per heavy atom. The number of nitrogens with zero attached hydrogens (tertiary/aromatic N) is 4. The molecule has 3 aliphatic rings. The third kappa shape index (κ3) is 9.67. The normalized spacial score (nSPS) is 21.4. The molecule has 0 spiro atoms. The molecular formula is C44H66N8O5. The summed E-state index contributed by atoms with van der Waals surface area (Å²) < 4.78 is 9.72. The van der Waals surface area contributed by atoms with Crippen LogP contribution < -0.4 is 10.6 Å². The van der Waals surface area contributed by atoms with Crippen LogP contribution in [-0.2, 0) is 26.1 Å². The Morgan fingerprint density at radius 3 is 2.14 bits per heavy atom. The Kier molecular flexibility index (Phi) is 14.0. The van der Waals surface area contributed by atoms with E-state index in [2.05, 4.69) is 70.5 Å².